The van der Waals surface area contributed by atoms with Crippen molar-refractivity contribution < 1.29 is 4.79 Å². The Bertz CT molecular complexity index is 347. The monoisotopic (exact) mass is 216 g/mol. The smallest absolute Gasteiger partial charge is 0.147 e. The summed E-state index contributed by atoms with van der Waals surface area (Å²) in [7, 11) is 0. The maximum atomic E-state index is 11.1. The molecule has 0 aromatic rings. The number of aldehydes is 1. The number of allylic oxidation sites excluding steroid dienone is 1. The van der Waals surface area contributed by atoms with E-state index in [4.69, 9.17) is 0 Å². The summed E-state index contributed by atoms with van der Waals surface area (Å²) in [6.45, 7) is 5.69. The summed E-state index contributed by atoms with van der Waals surface area (Å²) >= 11 is 0. The van der Waals surface area contributed by atoms with Crippen LogP contribution >= 0.6 is 0 Å². The van der Waals surface area contributed by atoms with Crippen LogP contribution in [0.15, 0.2) is 12.7 Å². The van der Waals surface area contributed by atoms with E-state index in [2.05, 4.69) is 18.7 Å². The third-order valence-electron chi connectivity index (χ3n) is 3.61. The molecule has 0 amide bonds. The summed E-state index contributed by atoms with van der Waals surface area (Å²) in [5, 5.41) is 18.4. The third-order valence-corrected chi connectivity index (χ3v) is 3.61. The van der Waals surface area contributed by atoms with E-state index in [1.807, 2.05) is 6.92 Å². The predicted molar refractivity (Wildman–Crippen MR) is 59.9 cm³/mol. The lowest BCUT2D eigenvalue weighted by Crippen LogP contribution is -2.26. The van der Waals surface area contributed by atoms with Gasteiger partial charge in [-0.2, -0.15) is 10.5 Å². The van der Waals surface area contributed by atoms with E-state index < -0.39 is 5.41 Å². The van der Waals surface area contributed by atoms with Gasteiger partial charge in [0.1, 0.15) is 11.7 Å². The van der Waals surface area contributed by atoms with Crippen LogP contribution in [0.25, 0.3) is 0 Å². The second-order valence-corrected chi connectivity index (χ2v) is 4.41. The SMILES string of the molecule is C=C[C@H]1CC(C#N)(C#N)[C@H](CCC)[C@H]1C=O. The molecular formula is C13H16N2O. The first kappa shape index (κ1) is 12.5. The van der Waals surface area contributed by atoms with Gasteiger partial charge in [-0.3, -0.25) is 0 Å². The molecule has 1 saturated carbocycles. The Kier molecular flexibility index (Phi) is 3.85. The zero-order valence-corrected chi connectivity index (χ0v) is 9.52. The van der Waals surface area contributed by atoms with Crippen LogP contribution < -0.4 is 0 Å². The van der Waals surface area contributed by atoms with Crippen LogP contribution in [0.3, 0.4) is 0 Å². The summed E-state index contributed by atoms with van der Waals surface area (Å²) in [5.41, 5.74) is -1.000. The van der Waals surface area contributed by atoms with Crippen molar-refractivity contribution in [2.45, 2.75) is 26.2 Å². The van der Waals surface area contributed by atoms with Crippen LogP contribution in [-0.2, 0) is 4.79 Å². The van der Waals surface area contributed by atoms with Gasteiger partial charge in [0.05, 0.1) is 12.1 Å². The molecule has 1 aliphatic rings. The van der Waals surface area contributed by atoms with E-state index in [0.29, 0.717) is 6.42 Å². The van der Waals surface area contributed by atoms with Crippen LogP contribution in [0, 0.1) is 45.8 Å². The predicted octanol–water partition coefficient (Wildman–Crippen LogP) is 2.46. The molecule has 0 heterocycles. The van der Waals surface area contributed by atoms with Gasteiger partial charge in [-0.1, -0.05) is 19.4 Å². The maximum absolute atomic E-state index is 11.1. The van der Waals surface area contributed by atoms with E-state index in [0.717, 1.165) is 19.1 Å². The molecule has 1 aliphatic carbocycles. The van der Waals surface area contributed by atoms with E-state index in [-0.39, 0.29) is 17.8 Å². The van der Waals surface area contributed by atoms with E-state index >= 15 is 0 Å². The molecule has 0 aliphatic heterocycles. The molecule has 0 bridgehead atoms. The highest BCUT2D eigenvalue weighted by Crippen LogP contribution is 2.51. The molecule has 0 aromatic heterocycles. The van der Waals surface area contributed by atoms with E-state index in [9.17, 15) is 15.3 Å². The third kappa shape index (κ3) is 1.74. The average molecular weight is 216 g/mol. The molecule has 84 valence electrons. The van der Waals surface area contributed by atoms with Crippen molar-refractivity contribution >= 4 is 6.29 Å². The van der Waals surface area contributed by atoms with Crippen LogP contribution in [0.5, 0.6) is 0 Å². The highest BCUT2D eigenvalue weighted by Gasteiger charge is 2.53. The fourth-order valence-corrected chi connectivity index (χ4v) is 2.75. The van der Waals surface area contributed by atoms with Crippen molar-refractivity contribution in [3.05, 3.63) is 12.7 Å². The minimum absolute atomic E-state index is 0.0339. The van der Waals surface area contributed by atoms with E-state index in [1.165, 1.54) is 0 Å². The maximum Gasteiger partial charge on any atom is 0.147 e. The molecule has 0 radical (unpaired) electrons. The fraction of sp³-hybridized carbons (Fsp3) is 0.615. The highest BCUT2D eigenvalue weighted by molar-refractivity contribution is 5.57. The zero-order chi connectivity index (χ0) is 12.2. The van der Waals surface area contributed by atoms with Crippen LogP contribution in [0.4, 0.5) is 0 Å². The zero-order valence-electron chi connectivity index (χ0n) is 9.52. The lowest BCUT2D eigenvalue weighted by atomic mass is 9.75. The van der Waals surface area contributed by atoms with Gasteiger partial charge in [-0.15, -0.1) is 6.58 Å². The molecule has 1 rings (SSSR count). The second kappa shape index (κ2) is 4.94. The Morgan fingerprint density at radius 2 is 2.12 bits per heavy atom. The van der Waals surface area contributed by atoms with Crippen molar-refractivity contribution in [2.75, 3.05) is 0 Å². The lowest BCUT2D eigenvalue weighted by Gasteiger charge is -2.22. The number of nitriles is 2. The summed E-state index contributed by atoms with van der Waals surface area (Å²) < 4.78 is 0. The minimum Gasteiger partial charge on any atom is -0.303 e. The Morgan fingerprint density at radius 3 is 2.50 bits per heavy atom. The molecule has 0 spiro atoms. The standard InChI is InChI=1S/C13H16N2O/c1-3-5-12-11(7-16)10(4-2)6-13(12,8-14)9-15/h4,7,10-12H,2-3,5-6H2,1H3/t10-,11-,12+/m0/s1. The summed E-state index contributed by atoms with van der Waals surface area (Å²) in [6.07, 6.45) is 4.66. The van der Waals surface area contributed by atoms with Gasteiger partial charge in [-0.25, -0.2) is 0 Å². The van der Waals surface area contributed by atoms with Gasteiger partial charge in [0.25, 0.3) is 0 Å². The number of hydrogen-bond acceptors (Lipinski definition) is 3. The normalized spacial score (nSPS) is 31.3. The number of hydrogen-bond donors (Lipinski definition) is 0. The fourth-order valence-electron chi connectivity index (χ4n) is 2.75. The molecule has 3 heteroatoms. The Labute approximate surface area is 96.4 Å². The minimum atomic E-state index is -1.000. The lowest BCUT2D eigenvalue weighted by molar-refractivity contribution is -0.113. The highest BCUT2D eigenvalue weighted by atomic mass is 16.1. The van der Waals surface area contributed by atoms with Crippen molar-refractivity contribution in [3.63, 3.8) is 0 Å². The van der Waals surface area contributed by atoms with Crippen molar-refractivity contribution in [1.82, 2.24) is 0 Å². The number of nitrogens with zero attached hydrogens (tertiary/aromatic N) is 2. The van der Waals surface area contributed by atoms with Crippen molar-refractivity contribution in [1.29, 1.82) is 10.5 Å². The summed E-state index contributed by atoms with van der Waals surface area (Å²) in [6, 6.07) is 4.25. The molecule has 0 saturated heterocycles. The number of rotatable bonds is 4. The number of carbonyl (C=O) groups excluding carboxylic acids is 1. The molecule has 3 nitrogen and oxygen atoms in total. The molecule has 3 atom stereocenters. The molecule has 0 N–H and O–H groups in total. The average Bonchev–Trinajstić information content (AvgIpc) is 2.63. The Hall–Kier alpha value is -1.61. The second-order valence-electron chi connectivity index (χ2n) is 4.41. The molecule has 0 unspecified atom stereocenters. The topological polar surface area (TPSA) is 64.7 Å². The van der Waals surface area contributed by atoms with Gasteiger partial charge in [0.15, 0.2) is 0 Å². The van der Waals surface area contributed by atoms with E-state index in [1.54, 1.807) is 6.08 Å². The quantitative estimate of drug-likeness (QED) is 0.535. The van der Waals surface area contributed by atoms with Gasteiger partial charge in [0.2, 0.25) is 0 Å². The molecule has 16 heavy (non-hydrogen) atoms. The van der Waals surface area contributed by atoms with Crippen LogP contribution in [-0.4, -0.2) is 6.29 Å². The van der Waals surface area contributed by atoms with Gasteiger partial charge >= 0.3 is 0 Å². The largest absolute Gasteiger partial charge is 0.303 e. The van der Waals surface area contributed by atoms with Crippen molar-refractivity contribution in [2.24, 2.45) is 23.2 Å². The Balaban J connectivity index is 3.13. The van der Waals surface area contributed by atoms with Crippen LogP contribution in [0.2, 0.25) is 0 Å². The molecule has 0 aromatic carbocycles. The van der Waals surface area contributed by atoms with Gasteiger partial charge in [0, 0.05) is 11.8 Å². The first-order valence-electron chi connectivity index (χ1n) is 5.59. The summed E-state index contributed by atoms with van der Waals surface area (Å²) in [5.74, 6) is -0.405. The van der Waals surface area contributed by atoms with Gasteiger partial charge in [-0.05, 0) is 18.8 Å². The first-order valence-corrected chi connectivity index (χ1v) is 5.59. The summed E-state index contributed by atoms with van der Waals surface area (Å²) in [4.78, 5) is 11.1. The first-order chi connectivity index (χ1) is 7.68. The van der Waals surface area contributed by atoms with Crippen LogP contribution in [0.1, 0.15) is 26.2 Å². The Morgan fingerprint density at radius 1 is 1.50 bits per heavy atom. The van der Waals surface area contributed by atoms with Gasteiger partial charge < -0.3 is 4.79 Å². The number of carbonyl (C=O) groups is 1. The van der Waals surface area contributed by atoms with Crippen molar-refractivity contribution in [3.8, 4) is 12.1 Å². The molecular weight excluding hydrogens is 200 g/mol. The molecule has 1 fully saturated rings.